The van der Waals surface area contributed by atoms with E-state index in [4.69, 9.17) is 9.47 Å². The van der Waals surface area contributed by atoms with E-state index in [0.717, 1.165) is 38.0 Å². The quantitative estimate of drug-likeness (QED) is 0.607. The van der Waals surface area contributed by atoms with Crippen molar-refractivity contribution >= 4 is 0 Å². The molecule has 0 amide bonds. The summed E-state index contributed by atoms with van der Waals surface area (Å²) in [6.45, 7) is 10.7. The molecule has 0 bridgehead atoms. The average molecular weight is 421 g/mol. The molecule has 2 heterocycles. The van der Waals surface area contributed by atoms with Crippen LogP contribution in [0.15, 0.2) is 24.3 Å². The van der Waals surface area contributed by atoms with E-state index in [1.54, 1.807) is 0 Å². The molecule has 170 valence electrons. The summed E-state index contributed by atoms with van der Waals surface area (Å²) < 4.78 is 11.6. The summed E-state index contributed by atoms with van der Waals surface area (Å²) >= 11 is 0. The van der Waals surface area contributed by atoms with Crippen molar-refractivity contribution in [3.63, 3.8) is 0 Å². The molecule has 2 aliphatic heterocycles. The molecule has 1 aromatic rings. The fourth-order valence-electron chi connectivity index (χ4n) is 4.23. The Bertz CT molecular complexity index is 564. The van der Waals surface area contributed by atoms with Crippen LogP contribution in [0.3, 0.4) is 0 Å². The summed E-state index contributed by atoms with van der Waals surface area (Å²) in [5.41, 5.74) is 0. The van der Waals surface area contributed by atoms with Crippen molar-refractivity contribution in [1.29, 1.82) is 0 Å². The van der Waals surface area contributed by atoms with Crippen molar-refractivity contribution in [3.8, 4) is 11.5 Å². The Morgan fingerprint density at radius 1 is 0.800 bits per heavy atom. The van der Waals surface area contributed by atoms with Gasteiger partial charge in [-0.2, -0.15) is 0 Å². The van der Waals surface area contributed by atoms with Crippen molar-refractivity contribution in [2.24, 2.45) is 11.8 Å². The zero-order valence-corrected chi connectivity index (χ0v) is 18.7. The second-order valence-electron chi connectivity index (χ2n) is 9.37. The minimum atomic E-state index is -0.503. The van der Waals surface area contributed by atoms with Gasteiger partial charge in [0, 0.05) is 19.2 Å². The second-order valence-corrected chi connectivity index (χ2v) is 9.37. The number of ether oxygens (including phenoxy) is 2. The molecule has 0 radical (unpaired) electrons. The Hall–Kier alpha value is -1.34. The van der Waals surface area contributed by atoms with Gasteiger partial charge in [-0.3, -0.25) is 0 Å². The van der Waals surface area contributed by atoms with Gasteiger partial charge in [0.15, 0.2) is 0 Å². The lowest BCUT2D eigenvalue weighted by Gasteiger charge is -2.31. The van der Waals surface area contributed by atoms with Gasteiger partial charge in [-0.05, 0) is 75.8 Å². The van der Waals surface area contributed by atoms with Crippen LogP contribution < -0.4 is 9.47 Å². The number of aliphatic hydroxyl groups is 2. The van der Waals surface area contributed by atoms with Crippen molar-refractivity contribution in [3.05, 3.63) is 24.3 Å². The smallest absolute Gasteiger partial charge is 0.123 e. The number of likely N-dealkylation sites (tertiary alicyclic amines) is 2. The monoisotopic (exact) mass is 420 g/mol. The lowest BCUT2D eigenvalue weighted by Crippen LogP contribution is -2.40. The molecule has 0 spiro atoms. The molecule has 2 saturated heterocycles. The van der Waals surface area contributed by atoms with E-state index in [1.165, 1.54) is 25.7 Å². The summed E-state index contributed by atoms with van der Waals surface area (Å²) in [4.78, 5) is 4.63. The third-order valence-electron chi connectivity index (χ3n) is 6.38. The zero-order chi connectivity index (χ0) is 21.3. The van der Waals surface area contributed by atoms with Crippen LogP contribution in [0, 0.1) is 11.8 Å². The van der Waals surface area contributed by atoms with Crippen LogP contribution in [-0.4, -0.2) is 84.7 Å². The van der Waals surface area contributed by atoms with Crippen LogP contribution in [0.4, 0.5) is 0 Å². The van der Waals surface area contributed by atoms with Gasteiger partial charge in [-0.15, -0.1) is 0 Å². The minimum absolute atomic E-state index is 0.269. The highest BCUT2D eigenvalue weighted by atomic mass is 16.5. The summed E-state index contributed by atoms with van der Waals surface area (Å²) in [6, 6.07) is 7.44. The number of piperidine rings is 2. The van der Waals surface area contributed by atoms with E-state index in [9.17, 15) is 10.2 Å². The highest BCUT2D eigenvalue weighted by Crippen LogP contribution is 2.21. The number of rotatable bonds is 10. The number of aliphatic hydroxyl groups excluding tert-OH is 2. The highest BCUT2D eigenvalue weighted by Gasteiger charge is 2.20. The third-order valence-corrected chi connectivity index (χ3v) is 6.38. The maximum absolute atomic E-state index is 10.3. The molecule has 1 aromatic carbocycles. The van der Waals surface area contributed by atoms with Gasteiger partial charge in [-0.1, -0.05) is 19.9 Å². The molecule has 0 aliphatic carbocycles. The van der Waals surface area contributed by atoms with Gasteiger partial charge in [0.05, 0.1) is 0 Å². The van der Waals surface area contributed by atoms with E-state index in [0.29, 0.717) is 24.6 Å². The van der Waals surface area contributed by atoms with Crippen molar-refractivity contribution < 1.29 is 19.7 Å². The van der Waals surface area contributed by atoms with Gasteiger partial charge in [0.2, 0.25) is 0 Å². The van der Waals surface area contributed by atoms with Crippen LogP contribution in [0.1, 0.15) is 39.5 Å². The molecule has 30 heavy (non-hydrogen) atoms. The predicted octanol–water partition coefficient (Wildman–Crippen LogP) is 2.63. The Morgan fingerprint density at radius 3 is 1.60 bits per heavy atom. The van der Waals surface area contributed by atoms with Crippen molar-refractivity contribution in [2.75, 3.05) is 52.5 Å². The first-order valence-electron chi connectivity index (χ1n) is 11.6. The van der Waals surface area contributed by atoms with Crippen LogP contribution in [0.5, 0.6) is 11.5 Å². The largest absolute Gasteiger partial charge is 0.491 e. The molecule has 3 rings (SSSR count). The minimum Gasteiger partial charge on any atom is -0.491 e. The fourth-order valence-corrected chi connectivity index (χ4v) is 4.23. The molecule has 2 fully saturated rings. The Kier molecular flexibility index (Phi) is 9.25. The van der Waals surface area contributed by atoms with Gasteiger partial charge in [-0.25, -0.2) is 0 Å². The number of nitrogens with zero attached hydrogens (tertiary/aromatic N) is 2. The van der Waals surface area contributed by atoms with E-state index in [2.05, 4.69) is 23.6 Å². The van der Waals surface area contributed by atoms with Crippen LogP contribution in [0.2, 0.25) is 0 Å². The van der Waals surface area contributed by atoms with E-state index < -0.39 is 12.2 Å². The number of hydrogen-bond acceptors (Lipinski definition) is 6. The fraction of sp³-hybridized carbons (Fsp3) is 0.750. The predicted molar refractivity (Wildman–Crippen MR) is 119 cm³/mol. The standard InChI is InChI=1S/C24H40N2O4/c1-19-6-10-25(11-7-19)15-21(27)17-29-23-4-3-5-24(14-23)30-18-22(28)16-26-12-8-20(2)9-13-26/h3-5,14,19-22,27-28H,6-13,15-18H2,1-2H3/t21-,22-/m0/s1. The maximum Gasteiger partial charge on any atom is 0.123 e. The third kappa shape index (κ3) is 8.06. The van der Waals surface area contributed by atoms with Crippen molar-refractivity contribution in [1.82, 2.24) is 9.80 Å². The van der Waals surface area contributed by atoms with Gasteiger partial charge < -0.3 is 29.5 Å². The highest BCUT2D eigenvalue weighted by molar-refractivity contribution is 5.33. The zero-order valence-electron chi connectivity index (χ0n) is 18.7. The molecule has 0 unspecified atom stereocenters. The lowest BCUT2D eigenvalue weighted by molar-refractivity contribution is 0.0542. The normalized spacial score (nSPS) is 22.0. The summed E-state index contributed by atoms with van der Waals surface area (Å²) in [7, 11) is 0. The molecule has 2 aliphatic rings. The van der Waals surface area contributed by atoms with E-state index >= 15 is 0 Å². The molecule has 0 saturated carbocycles. The second kappa shape index (κ2) is 11.9. The Labute approximate surface area is 181 Å². The SMILES string of the molecule is CC1CCN(C[C@H](O)COc2cccc(OC[C@@H](O)CN3CCC(C)CC3)c2)CC1. The molecule has 6 nitrogen and oxygen atoms in total. The summed E-state index contributed by atoms with van der Waals surface area (Å²) in [5, 5.41) is 20.6. The molecule has 6 heteroatoms. The van der Waals surface area contributed by atoms with Gasteiger partial charge in [0.1, 0.15) is 36.9 Å². The molecule has 0 aromatic heterocycles. The van der Waals surface area contributed by atoms with Gasteiger partial charge >= 0.3 is 0 Å². The van der Waals surface area contributed by atoms with Crippen molar-refractivity contribution in [2.45, 2.75) is 51.7 Å². The maximum atomic E-state index is 10.3. The first kappa shape index (κ1) is 23.3. The Morgan fingerprint density at radius 2 is 1.20 bits per heavy atom. The average Bonchev–Trinajstić information content (AvgIpc) is 2.74. The summed E-state index contributed by atoms with van der Waals surface area (Å²) in [6.07, 6.45) is 3.81. The first-order valence-corrected chi connectivity index (χ1v) is 11.6. The number of hydrogen-bond donors (Lipinski definition) is 2. The number of β-amino-alcohol motifs (C(OH)–C–C–N with tert-alkyl or cyclic N) is 2. The van der Waals surface area contributed by atoms with E-state index in [-0.39, 0.29) is 13.2 Å². The Balaban J connectivity index is 1.35. The van der Waals surface area contributed by atoms with E-state index in [1.807, 2.05) is 24.3 Å². The van der Waals surface area contributed by atoms with Crippen LogP contribution in [0.25, 0.3) is 0 Å². The lowest BCUT2D eigenvalue weighted by atomic mass is 9.99. The molecule has 2 atom stereocenters. The summed E-state index contributed by atoms with van der Waals surface area (Å²) in [5.74, 6) is 2.94. The topological polar surface area (TPSA) is 65.4 Å². The first-order chi connectivity index (χ1) is 14.5. The van der Waals surface area contributed by atoms with Gasteiger partial charge in [0.25, 0.3) is 0 Å². The molecule has 2 N–H and O–H groups in total. The molecular formula is C24H40N2O4. The molecular weight excluding hydrogens is 380 g/mol. The number of benzene rings is 1. The van der Waals surface area contributed by atoms with Crippen LogP contribution >= 0.6 is 0 Å². The van der Waals surface area contributed by atoms with Crippen LogP contribution in [-0.2, 0) is 0 Å².